The minimum atomic E-state index is -1.09. The zero-order chi connectivity index (χ0) is 16.9. The van der Waals surface area contributed by atoms with Gasteiger partial charge < -0.3 is 10.4 Å². The number of aliphatic carboxylic acids is 1. The highest BCUT2D eigenvalue weighted by atomic mass is 79.9. The lowest BCUT2D eigenvalue weighted by molar-refractivity contribution is -0.138. The molecule has 126 valence electrons. The number of halogens is 1. The number of fused-ring (bicyclic) bond motifs is 2. The van der Waals surface area contributed by atoms with E-state index in [1.54, 1.807) is 0 Å². The summed E-state index contributed by atoms with van der Waals surface area (Å²) in [5, 5.41) is 16.2. The van der Waals surface area contributed by atoms with Crippen LogP contribution in [-0.2, 0) is 11.3 Å². The van der Waals surface area contributed by atoms with E-state index in [0.717, 1.165) is 17.0 Å². The van der Waals surface area contributed by atoms with Gasteiger partial charge in [-0.1, -0.05) is 20.8 Å². The molecule has 6 nitrogen and oxygen atoms in total. The Balaban J connectivity index is 1.78. The van der Waals surface area contributed by atoms with Crippen LogP contribution in [0.25, 0.3) is 0 Å². The molecule has 0 amide bonds. The van der Waals surface area contributed by atoms with Gasteiger partial charge in [0.25, 0.3) is 5.56 Å². The van der Waals surface area contributed by atoms with E-state index in [1.807, 2.05) is 0 Å². The highest BCUT2D eigenvalue weighted by Crippen LogP contribution is 2.61. The van der Waals surface area contributed by atoms with E-state index >= 15 is 0 Å². The van der Waals surface area contributed by atoms with Crippen LogP contribution in [-0.4, -0.2) is 26.9 Å². The fourth-order valence-electron chi connectivity index (χ4n) is 4.35. The lowest BCUT2D eigenvalue weighted by Gasteiger charge is -2.62. The van der Waals surface area contributed by atoms with E-state index in [2.05, 4.69) is 47.1 Å². The molecule has 0 radical (unpaired) electrons. The Morgan fingerprint density at radius 2 is 2.22 bits per heavy atom. The van der Waals surface area contributed by atoms with E-state index in [0.29, 0.717) is 33.5 Å². The van der Waals surface area contributed by atoms with Crippen molar-refractivity contribution in [2.75, 3.05) is 5.32 Å². The Labute approximate surface area is 143 Å². The van der Waals surface area contributed by atoms with Crippen molar-refractivity contribution in [1.82, 2.24) is 9.78 Å². The van der Waals surface area contributed by atoms with E-state index in [4.69, 9.17) is 5.11 Å². The molecule has 1 aromatic rings. The molecular weight excluding hydrogens is 362 g/mol. The minimum absolute atomic E-state index is 0.319. The van der Waals surface area contributed by atoms with Crippen molar-refractivity contribution < 1.29 is 9.90 Å². The zero-order valence-electron chi connectivity index (χ0n) is 13.5. The Morgan fingerprint density at radius 1 is 1.52 bits per heavy atom. The van der Waals surface area contributed by atoms with Crippen LogP contribution in [0.15, 0.2) is 15.5 Å². The average molecular weight is 384 g/mol. The van der Waals surface area contributed by atoms with Crippen LogP contribution in [0.3, 0.4) is 0 Å². The smallest absolute Gasteiger partial charge is 0.325 e. The summed E-state index contributed by atoms with van der Waals surface area (Å²) < 4.78 is 1.29. The average Bonchev–Trinajstić information content (AvgIpc) is 2.47. The van der Waals surface area contributed by atoms with Gasteiger partial charge in [-0.25, -0.2) is 4.68 Å². The van der Waals surface area contributed by atoms with Crippen LogP contribution in [0.1, 0.15) is 33.6 Å². The maximum absolute atomic E-state index is 12.2. The predicted octanol–water partition coefficient (Wildman–Crippen LogP) is 2.57. The number of hydrogen-bond donors (Lipinski definition) is 2. The summed E-state index contributed by atoms with van der Waals surface area (Å²) in [5.41, 5.74) is 0.636. The van der Waals surface area contributed by atoms with Crippen LogP contribution >= 0.6 is 15.9 Å². The van der Waals surface area contributed by atoms with Crippen LogP contribution in [0.2, 0.25) is 0 Å². The maximum Gasteiger partial charge on any atom is 0.325 e. The van der Waals surface area contributed by atoms with Crippen molar-refractivity contribution in [2.24, 2.45) is 23.2 Å². The van der Waals surface area contributed by atoms with E-state index in [1.165, 1.54) is 12.6 Å². The SMILES string of the molecule is C[C@@H]1[C@H]2C[C@@H](C[C@H]1Nc1cnn(CC(=O)O)c(=O)c1Br)C2(C)C. The summed E-state index contributed by atoms with van der Waals surface area (Å²) in [7, 11) is 0. The van der Waals surface area contributed by atoms with Gasteiger partial charge in [-0.3, -0.25) is 9.59 Å². The van der Waals surface area contributed by atoms with Crippen molar-refractivity contribution in [2.45, 2.75) is 46.2 Å². The standard InChI is InChI=1S/C16H22BrN3O3/c1-8-10-4-9(16(10,2)3)5-11(8)19-12-6-18-20(7-13(21)22)15(23)14(12)17/h6,8-11,19H,4-5,7H2,1-3H3,(H,21,22)/t8-,9+,10-,11-/m1/s1. The van der Waals surface area contributed by atoms with Crippen LogP contribution in [0.5, 0.6) is 0 Å². The summed E-state index contributed by atoms with van der Waals surface area (Å²) in [6, 6.07) is 0.319. The van der Waals surface area contributed by atoms with Gasteiger partial charge in [0.2, 0.25) is 0 Å². The molecule has 3 aliphatic carbocycles. The summed E-state index contributed by atoms with van der Waals surface area (Å²) in [6.07, 6.45) is 3.92. The van der Waals surface area contributed by atoms with Gasteiger partial charge in [0.1, 0.15) is 11.0 Å². The monoisotopic (exact) mass is 383 g/mol. The van der Waals surface area contributed by atoms with Crippen LogP contribution in [0, 0.1) is 23.2 Å². The molecule has 7 heteroatoms. The van der Waals surface area contributed by atoms with Crippen molar-refractivity contribution in [3.05, 3.63) is 21.0 Å². The summed E-state index contributed by atoms with van der Waals surface area (Å²) >= 11 is 3.29. The van der Waals surface area contributed by atoms with Gasteiger partial charge >= 0.3 is 5.97 Å². The van der Waals surface area contributed by atoms with Gasteiger partial charge in [-0.2, -0.15) is 5.10 Å². The van der Waals surface area contributed by atoms with E-state index < -0.39 is 18.1 Å². The minimum Gasteiger partial charge on any atom is -0.480 e. The summed E-state index contributed by atoms with van der Waals surface area (Å²) in [5.74, 6) is 0.872. The number of nitrogens with one attached hydrogen (secondary N) is 1. The molecular formula is C16H22BrN3O3. The molecule has 0 aliphatic heterocycles. The summed E-state index contributed by atoms with van der Waals surface area (Å²) in [6.45, 7) is 6.54. The number of hydrogen-bond acceptors (Lipinski definition) is 4. The van der Waals surface area contributed by atoms with Gasteiger partial charge in [0, 0.05) is 6.04 Å². The molecule has 3 fully saturated rings. The molecule has 4 atom stereocenters. The third kappa shape index (κ3) is 2.69. The van der Waals surface area contributed by atoms with Crippen molar-refractivity contribution in [1.29, 1.82) is 0 Å². The molecule has 0 aromatic carbocycles. The second-order valence-electron chi connectivity index (χ2n) is 7.43. The maximum atomic E-state index is 12.2. The van der Waals surface area contributed by atoms with Crippen molar-refractivity contribution in [3.8, 4) is 0 Å². The van der Waals surface area contributed by atoms with Crippen molar-refractivity contribution >= 4 is 27.6 Å². The normalized spacial score (nSPS) is 31.3. The fourth-order valence-corrected chi connectivity index (χ4v) is 4.77. The Hall–Kier alpha value is -1.37. The zero-order valence-corrected chi connectivity index (χ0v) is 15.1. The first kappa shape index (κ1) is 16.5. The third-order valence-corrected chi connectivity index (χ3v) is 6.73. The second-order valence-corrected chi connectivity index (χ2v) is 8.23. The summed E-state index contributed by atoms with van der Waals surface area (Å²) in [4.78, 5) is 22.9. The highest BCUT2D eigenvalue weighted by Gasteiger charge is 2.56. The lowest BCUT2D eigenvalue weighted by Crippen LogP contribution is -2.58. The van der Waals surface area contributed by atoms with Crippen molar-refractivity contribution in [3.63, 3.8) is 0 Å². The van der Waals surface area contributed by atoms with E-state index in [-0.39, 0.29) is 0 Å². The number of carboxylic acid groups (broad SMARTS) is 1. The van der Waals surface area contributed by atoms with Gasteiger partial charge in [-0.15, -0.1) is 0 Å². The molecule has 3 aliphatic rings. The molecule has 4 rings (SSSR count). The van der Waals surface area contributed by atoms with Crippen LogP contribution in [0.4, 0.5) is 5.69 Å². The predicted molar refractivity (Wildman–Crippen MR) is 90.4 cm³/mol. The molecule has 1 heterocycles. The highest BCUT2D eigenvalue weighted by molar-refractivity contribution is 9.10. The molecule has 2 bridgehead atoms. The Morgan fingerprint density at radius 3 is 2.78 bits per heavy atom. The number of carbonyl (C=O) groups is 1. The molecule has 0 spiro atoms. The fraction of sp³-hybridized carbons (Fsp3) is 0.688. The number of anilines is 1. The quantitative estimate of drug-likeness (QED) is 0.834. The first-order valence-corrected chi connectivity index (χ1v) is 8.75. The first-order chi connectivity index (χ1) is 10.7. The van der Waals surface area contributed by atoms with E-state index in [9.17, 15) is 9.59 Å². The molecule has 3 saturated carbocycles. The Kier molecular flexibility index (Phi) is 4.02. The molecule has 23 heavy (non-hydrogen) atoms. The molecule has 1 aromatic heterocycles. The number of aromatic nitrogens is 2. The number of rotatable bonds is 4. The Bertz CT molecular complexity index is 700. The number of nitrogens with zero attached hydrogens (tertiary/aromatic N) is 2. The van der Waals surface area contributed by atoms with Gasteiger partial charge in [-0.05, 0) is 51.9 Å². The second kappa shape index (κ2) is 5.61. The topological polar surface area (TPSA) is 84.2 Å². The number of carboxylic acids is 1. The lowest BCUT2D eigenvalue weighted by atomic mass is 9.45. The van der Waals surface area contributed by atoms with Gasteiger partial charge in [0.05, 0.1) is 11.9 Å². The molecule has 0 saturated heterocycles. The largest absolute Gasteiger partial charge is 0.480 e. The first-order valence-electron chi connectivity index (χ1n) is 7.95. The van der Waals surface area contributed by atoms with Crippen LogP contribution < -0.4 is 10.9 Å². The third-order valence-electron chi connectivity index (χ3n) is 5.96. The van der Waals surface area contributed by atoms with Gasteiger partial charge in [0.15, 0.2) is 0 Å². The molecule has 2 N–H and O–H groups in total. The molecule has 0 unspecified atom stereocenters.